The van der Waals surface area contributed by atoms with E-state index in [2.05, 4.69) is 10.6 Å². The molecule has 1 heterocycles. The zero-order valence-electron chi connectivity index (χ0n) is 26.5. The van der Waals surface area contributed by atoms with Gasteiger partial charge in [-0.15, -0.1) is 0 Å². The van der Waals surface area contributed by atoms with E-state index in [0.29, 0.717) is 16.3 Å². The van der Waals surface area contributed by atoms with Crippen LogP contribution < -0.4 is 15.4 Å². The van der Waals surface area contributed by atoms with Gasteiger partial charge < -0.3 is 24.8 Å². The maximum absolute atomic E-state index is 13.4. The van der Waals surface area contributed by atoms with Gasteiger partial charge in [0.25, 0.3) is 0 Å². The van der Waals surface area contributed by atoms with Crippen molar-refractivity contribution in [3.8, 4) is 5.75 Å². The number of methoxy groups -OCH3 is 1. The van der Waals surface area contributed by atoms with Gasteiger partial charge in [0.2, 0.25) is 11.8 Å². The summed E-state index contributed by atoms with van der Waals surface area (Å²) >= 11 is 6.29. The number of hydrogen-bond acceptors (Lipinski definition) is 7. The molecule has 0 aromatic heterocycles. The van der Waals surface area contributed by atoms with E-state index in [1.165, 1.54) is 13.2 Å². The van der Waals surface area contributed by atoms with Crippen LogP contribution in [0.25, 0.3) is 6.08 Å². The van der Waals surface area contributed by atoms with Crippen molar-refractivity contribution in [1.82, 2.24) is 10.6 Å². The average molecular weight is 639 g/mol. The van der Waals surface area contributed by atoms with Crippen LogP contribution in [-0.2, 0) is 35.1 Å². The molecular weight excluding hydrogens is 596 g/mol. The molecule has 1 aliphatic heterocycles. The first kappa shape index (κ1) is 35.4. The summed E-state index contributed by atoms with van der Waals surface area (Å²) in [6.07, 6.45) is 5.68. The first-order valence-electron chi connectivity index (χ1n) is 15.2. The van der Waals surface area contributed by atoms with Gasteiger partial charge in [0.15, 0.2) is 6.10 Å². The fourth-order valence-electron chi connectivity index (χ4n) is 4.69. The van der Waals surface area contributed by atoms with Crippen LogP contribution >= 0.6 is 11.6 Å². The van der Waals surface area contributed by atoms with Gasteiger partial charge in [0, 0.05) is 25.3 Å². The van der Waals surface area contributed by atoms with Crippen molar-refractivity contribution in [2.24, 2.45) is 17.8 Å². The van der Waals surface area contributed by atoms with Crippen molar-refractivity contribution < 1.29 is 33.4 Å². The SMILES string of the molecule is COc1ccc(C[C@@H]2NC(=O)C=CC[C@@H]([C@H](C)/C=C/c3ccccc3)OC(=O)[C@H](CC(C)C)OC(=O)[C@H](C)CNC2=O)cc1Cl. The highest BCUT2D eigenvalue weighted by Gasteiger charge is 2.31. The molecule has 1 aliphatic rings. The number of rotatable bonds is 8. The Bertz CT molecular complexity index is 1380. The van der Waals surface area contributed by atoms with Crippen molar-refractivity contribution in [2.45, 2.75) is 65.2 Å². The second-order valence-electron chi connectivity index (χ2n) is 11.7. The number of carbonyl (C=O) groups excluding carboxylic acids is 4. The molecule has 2 aromatic carbocycles. The van der Waals surface area contributed by atoms with Crippen LogP contribution in [0.1, 0.15) is 51.7 Å². The van der Waals surface area contributed by atoms with Crippen LogP contribution in [0.3, 0.4) is 0 Å². The minimum absolute atomic E-state index is 0.0422. The summed E-state index contributed by atoms with van der Waals surface area (Å²) < 4.78 is 16.8. The van der Waals surface area contributed by atoms with E-state index in [0.717, 1.165) is 5.56 Å². The molecule has 0 aliphatic carbocycles. The Kier molecular flexibility index (Phi) is 13.7. The zero-order chi connectivity index (χ0) is 32.9. The number of amides is 2. The van der Waals surface area contributed by atoms with Crippen molar-refractivity contribution >= 4 is 41.4 Å². The standard InChI is InChI=1S/C35H43ClN2O7/c1-22(2)18-31-35(42)44-29(23(3)14-15-25-10-7-6-8-11-25)12-9-13-32(39)38-28(33(40)37-21-24(4)34(41)45-31)20-26-16-17-30(43-5)27(36)19-26/h6-11,13-17,19,22-24,28-29,31H,12,18,20-21H2,1-5H3,(H,37,40)(H,38,39)/b13-9?,15-14+/t23-,24-,28+,29+,31+/m1/s1. The van der Waals surface area contributed by atoms with Gasteiger partial charge >= 0.3 is 11.9 Å². The van der Waals surface area contributed by atoms with E-state index in [1.54, 1.807) is 31.2 Å². The second kappa shape index (κ2) is 17.4. The van der Waals surface area contributed by atoms with E-state index in [-0.39, 0.29) is 37.6 Å². The van der Waals surface area contributed by atoms with Crippen LogP contribution in [0.5, 0.6) is 5.75 Å². The number of esters is 2. The molecule has 10 heteroatoms. The molecule has 0 fully saturated rings. The molecule has 45 heavy (non-hydrogen) atoms. The second-order valence-corrected chi connectivity index (χ2v) is 12.1. The average Bonchev–Trinajstić information content (AvgIpc) is 3.01. The summed E-state index contributed by atoms with van der Waals surface area (Å²) in [4.78, 5) is 52.7. The molecule has 3 rings (SSSR count). The highest BCUT2D eigenvalue weighted by atomic mass is 35.5. The number of ether oxygens (including phenoxy) is 3. The van der Waals surface area contributed by atoms with Crippen molar-refractivity contribution in [3.63, 3.8) is 0 Å². The Morgan fingerprint density at radius 3 is 2.42 bits per heavy atom. The normalized spacial score (nSPS) is 22.8. The van der Waals surface area contributed by atoms with Gasteiger partial charge in [-0.05, 0) is 41.7 Å². The minimum Gasteiger partial charge on any atom is -0.495 e. The molecule has 0 radical (unpaired) electrons. The van der Waals surface area contributed by atoms with E-state index in [4.69, 9.17) is 25.8 Å². The van der Waals surface area contributed by atoms with Gasteiger partial charge in [-0.2, -0.15) is 0 Å². The predicted molar refractivity (Wildman–Crippen MR) is 173 cm³/mol. The van der Waals surface area contributed by atoms with Crippen LogP contribution in [0.15, 0.2) is 66.8 Å². The van der Waals surface area contributed by atoms with Gasteiger partial charge in [-0.3, -0.25) is 14.4 Å². The third-order valence-electron chi connectivity index (χ3n) is 7.36. The van der Waals surface area contributed by atoms with Crippen LogP contribution in [0.2, 0.25) is 5.02 Å². The smallest absolute Gasteiger partial charge is 0.347 e. The predicted octanol–water partition coefficient (Wildman–Crippen LogP) is 5.31. The first-order valence-corrected chi connectivity index (χ1v) is 15.6. The lowest BCUT2D eigenvalue weighted by molar-refractivity contribution is -0.175. The monoisotopic (exact) mass is 638 g/mol. The van der Waals surface area contributed by atoms with Crippen molar-refractivity contribution in [3.05, 3.63) is 82.9 Å². The highest BCUT2D eigenvalue weighted by Crippen LogP contribution is 2.26. The largest absolute Gasteiger partial charge is 0.495 e. The maximum atomic E-state index is 13.4. The van der Waals surface area contributed by atoms with Gasteiger partial charge in [-0.1, -0.05) is 93.9 Å². The first-order chi connectivity index (χ1) is 21.5. The van der Waals surface area contributed by atoms with Gasteiger partial charge in [0.05, 0.1) is 18.1 Å². The molecule has 242 valence electrons. The molecule has 0 saturated heterocycles. The number of benzene rings is 2. The third-order valence-corrected chi connectivity index (χ3v) is 7.66. The Hall–Kier alpha value is -4.11. The molecule has 2 amide bonds. The van der Waals surface area contributed by atoms with Crippen LogP contribution in [0.4, 0.5) is 0 Å². The molecule has 0 spiro atoms. The Morgan fingerprint density at radius 1 is 1.02 bits per heavy atom. The molecule has 0 unspecified atom stereocenters. The molecule has 2 N–H and O–H groups in total. The fourth-order valence-corrected chi connectivity index (χ4v) is 4.97. The van der Waals surface area contributed by atoms with Gasteiger partial charge in [0.1, 0.15) is 17.9 Å². The van der Waals surface area contributed by atoms with E-state index < -0.39 is 47.9 Å². The summed E-state index contributed by atoms with van der Waals surface area (Å²) in [7, 11) is 1.51. The topological polar surface area (TPSA) is 120 Å². The Labute approximate surface area is 270 Å². The molecular formula is C35H43ClN2O7. The third kappa shape index (κ3) is 11.4. The number of cyclic esters (lactones) is 2. The minimum atomic E-state index is -1.11. The highest BCUT2D eigenvalue weighted by molar-refractivity contribution is 6.32. The van der Waals surface area contributed by atoms with E-state index in [1.807, 2.05) is 63.3 Å². The summed E-state index contributed by atoms with van der Waals surface area (Å²) in [5.74, 6) is -2.74. The number of nitrogens with one attached hydrogen (secondary N) is 2. The molecule has 9 nitrogen and oxygen atoms in total. The lowest BCUT2D eigenvalue weighted by atomic mass is 9.99. The molecule has 0 bridgehead atoms. The lowest BCUT2D eigenvalue weighted by Crippen LogP contribution is -2.49. The maximum Gasteiger partial charge on any atom is 0.347 e. The van der Waals surface area contributed by atoms with Crippen LogP contribution in [0, 0.1) is 17.8 Å². The molecule has 0 saturated carbocycles. The lowest BCUT2D eigenvalue weighted by Gasteiger charge is -2.26. The molecule has 2 aromatic rings. The number of halogens is 1. The van der Waals surface area contributed by atoms with E-state index in [9.17, 15) is 19.2 Å². The summed E-state index contributed by atoms with van der Waals surface area (Å²) in [5.41, 5.74) is 1.69. The van der Waals surface area contributed by atoms with Crippen molar-refractivity contribution in [2.75, 3.05) is 13.7 Å². The fraction of sp³-hybridized carbons (Fsp3) is 0.429. The quantitative estimate of drug-likeness (QED) is 0.376. The molecule has 5 atom stereocenters. The van der Waals surface area contributed by atoms with Crippen LogP contribution in [-0.4, -0.2) is 55.7 Å². The van der Waals surface area contributed by atoms with Gasteiger partial charge in [-0.25, -0.2) is 4.79 Å². The number of hydrogen-bond donors (Lipinski definition) is 2. The van der Waals surface area contributed by atoms with Crippen molar-refractivity contribution in [1.29, 1.82) is 0 Å². The Balaban J connectivity index is 1.89. The van der Waals surface area contributed by atoms with E-state index >= 15 is 0 Å². The Morgan fingerprint density at radius 2 is 1.76 bits per heavy atom. The summed E-state index contributed by atoms with van der Waals surface area (Å²) in [6, 6.07) is 13.9. The summed E-state index contributed by atoms with van der Waals surface area (Å²) in [6.45, 7) is 7.29. The zero-order valence-corrected chi connectivity index (χ0v) is 27.2. The summed E-state index contributed by atoms with van der Waals surface area (Å²) in [5, 5.41) is 5.85. The number of carbonyl (C=O) groups is 4.